The second-order valence-corrected chi connectivity index (χ2v) is 6.98. The summed E-state index contributed by atoms with van der Waals surface area (Å²) in [5, 5.41) is 2.83. The maximum Gasteiger partial charge on any atom is 0.573 e. The van der Waals surface area contributed by atoms with Gasteiger partial charge in [-0.15, -0.1) is 13.2 Å². The number of hydrogen-bond donors (Lipinski definition) is 2. The van der Waals surface area contributed by atoms with Crippen LogP contribution in [0.1, 0.15) is 13.8 Å². The van der Waals surface area contributed by atoms with Gasteiger partial charge in [-0.2, -0.15) is 0 Å². The fraction of sp³-hybridized carbons (Fsp3) is 0.500. The van der Waals surface area contributed by atoms with Gasteiger partial charge in [0.2, 0.25) is 0 Å². The average Bonchev–Trinajstić information content (AvgIpc) is 2.23. The lowest BCUT2D eigenvalue weighted by atomic mass is 10.2. The molecule has 0 aliphatic heterocycles. The first-order valence-electron chi connectivity index (χ1n) is 5.86. The van der Waals surface area contributed by atoms with Gasteiger partial charge in [-0.1, -0.05) is 13.8 Å². The van der Waals surface area contributed by atoms with Gasteiger partial charge in [-0.05, 0) is 24.1 Å². The van der Waals surface area contributed by atoms with Crippen molar-refractivity contribution >= 4 is 15.4 Å². The molecule has 0 saturated carbocycles. The molecular formula is C12H17F3N2O2S. The molecule has 2 N–H and O–H groups in total. The van der Waals surface area contributed by atoms with Crippen LogP contribution >= 0.6 is 0 Å². The summed E-state index contributed by atoms with van der Waals surface area (Å²) in [6.45, 7) is 4.29. The van der Waals surface area contributed by atoms with Crippen molar-refractivity contribution in [3.63, 3.8) is 0 Å². The lowest BCUT2D eigenvalue weighted by molar-refractivity contribution is -0.274. The van der Waals surface area contributed by atoms with Crippen molar-refractivity contribution in [1.82, 2.24) is 0 Å². The molecule has 0 fully saturated rings. The smallest absolute Gasteiger partial charge is 0.404 e. The summed E-state index contributed by atoms with van der Waals surface area (Å²) in [6, 6.07) is 3.70. The van der Waals surface area contributed by atoms with Crippen molar-refractivity contribution in [2.75, 3.05) is 18.1 Å². The van der Waals surface area contributed by atoms with E-state index in [0.29, 0.717) is 6.54 Å². The first-order chi connectivity index (χ1) is 8.99. The fourth-order valence-electron chi connectivity index (χ4n) is 1.41. The van der Waals surface area contributed by atoms with E-state index in [4.69, 9.17) is 4.78 Å². The van der Waals surface area contributed by atoms with Crippen LogP contribution in [0.4, 0.5) is 18.9 Å². The van der Waals surface area contributed by atoms with Gasteiger partial charge in [-0.25, -0.2) is 8.99 Å². The van der Waals surface area contributed by atoms with Gasteiger partial charge < -0.3 is 10.1 Å². The van der Waals surface area contributed by atoms with Crippen LogP contribution < -0.4 is 10.1 Å². The average molecular weight is 310 g/mol. The van der Waals surface area contributed by atoms with Crippen molar-refractivity contribution in [1.29, 1.82) is 4.78 Å². The zero-order valence-electron chi connectivity index (χ0n) is 11.4. The SMILES string of the molecule is CC(C)CNc1ccc(S(C)(=N)=O)cc1OC(F)(F)F. The van der Waals surface area contributed by atoms with Gasteiger partial charge in [0.15, 0.2) is 5.75 Å². The zero-order chi connectivity index (χ0) is 15.6. The molecule has 20 heavy (non-hydrogen) atoms. The van der Waals surface area contributed by atoms with Crippen LogP contribution in [-0.2, 0) is 9.73 Å². The first kappa shape index (κ1) is 16.6. The number of rotatable bonds is 5. The topological polar surface area (TPSA) is 62.2 Å². The fourth-order valence-corrected chi connectivity index (χ4v) is 2.07. The van der Waals surface area contributed by atoms with Gasteiger partial charge in [0.1, 0.15) is 0 Å². The van der Waals surface area contributed by atoms with E-state index in [0.717, 1.165) is 12.3 Å². The van der Waals surface area contributed by atoms with E-state index in [1.54, 1.807) is 0 Å². The number of nitrogens with one attached hydrogen (secondary N) is 2. The monoisotopic (exact) mass is 310 g/mol. The maximum absolute atomic E-state index is 12.4. The Bertz CT molecular complexity index is 569. The van der Waals surface area contributed by atoms with Gasteiger partial charge in [0.25, 0.3) is 0 Å². The number of alkyl halides is 3. The van der Waals surface area contributed by atoms with Crippen LogP contribution in [0.2, 0.25) is 0 Å². The molecule has 1 unspecified atom stereocenters. The third-order valence-electron chi connectivity index (χ3n) is 2.33. The van der Waals surface area contributed by atoms with E-state index in [-0.39, 0.29) is 16.5 Å². The zero-order valence-corrected chi connectivity index (χ0v) is 12.2. The van der Waals surface area contributed by atoms with E-state index in [9.17, 15) is 17.4 Å². The number of hydrogen-bond acceptors (Lipinski definition) is 4. The number of ether oxygens (including phenoxy) is 1. The number of anilines is 1. The lowest BCUT2D eigenvalue weighted by Gasteiger charge is -2.17. The van der Waals surface area contributed by atoms with Crippen LogP contribution in [0.25, 0.3) is 0 Å². The second-order valence-electron chi connectivity index (χ2n) is 4.82. The van der Waals surface area contributed by atoms with Crippen molar-refractivity contribution in [3.8, 4) is 5.75 Å². The Kier molecular flexibility index (Phi) is 4.90. The van der Waals surface area contributed by atoms with E-state index in [1.165, 1.54) is 12.1 Å². The summed E-state index contributed by atoms with van der Waals surface area (Å²) >= 11 is 0. The summed E-state index contributed by atoms with van der Waals surface area (Å²) in [4.78, 5) is -0.00755. The van der Waals surface area contributed by atoms with Crippen LogP contribution in [0.15, 0.2) is 23.1 Å². The number of benzene rings is 1. The van der Waals surface area contributed by atoms with Gasteiger partial charge in [-0.3, -0.25) is 0 Å². The Hall–Kier alpha value is -1.44. The minimum absolute atomic E-state index is 0.00755. The molecule has 0 saturated heterocycles. The molecule has 1 rings (SSSR count). The first-order valence-corrected chi connectivity index (χ1v) is 7.83. The Labute approximate surface area is 116 Å². The molecule has 0 aliphatic carbocycles. The van der Waals surface area contributed by atoms with E-state index in [1.807, 2.05) is 13.8 Å². The van der Waals surface area contributed by atoms with Crippen LogP contribution in [0.3, 0.4) is 0 Å². The molecule has 0 radical (unpaired) electrons. The summed E-state index contributed by atoms with van der Waals surface area (Å²) < 4.78 is 60.1. The summed E-state index contributed by atoms with van der Waals surface area (Å²) in [5.74, 6) is -0.238. The Balaban J connectivity index is 3.16. The predicted molar refractivity (Wildman–Crippen MR) is 71.5 cm³/mol. The molecule has 114 valence electrons. The van der Waals surface area contributed by atoms with Gasteiger partial charge in [0, 0.05) is 12.8 Å². The van der Waals surface area contributed by atoms with Crippen LogP contribution in [-0.4, -0.2) is 23.4 Å². The second kappa shape index (κ2) is 5.90. The van der Waals surface area contributed by atoms with Crippen LogP contribution in [0, 0.1) is 10.7 Å². The largest absolute Gasteiger partial charge is 0.573 e. The molecule has 4 nitrogen and oxygen atoms in total. The molecule has 8 heteroatoms. The lowest BCUT2D eigenvalue weighted by Crippen LogP contribution is -2.19. The van der Waals surface area contributed by atoms with E-state index < -0.39 is 21.8 Å². The molecule has 1 atom stereocenters. The normalized spacial score (nSPS) is 14.9. The highest BCUT2D eigenvalue weighted by Gasteiger charge is 2.32. The standard InChI is InChI=1S/C12H17F3N2O2S/c1-8(2)7-17-10-5-4-9(20(3,16)18)6-11(10)19-12(13,14)15/h4-6,8,16-17H,7H2,1-3H3. The molecule has 0 heterocycles. The Morgan fingerprint density at radius 3 is 2.45 bits per heavy atom. The van der Waals surface area contributed by atoms with Gasteiger partial charge >= 0.3 is 6.36 Å². The van der Waals surface area contributed by atoms with Crippen molar-refractivity contribution < 1.29 is 22.1 Å². The molecular weight excluding hydrogens is 293 g/mol. The van der Waals surface area contributed by atoms with Gasteiger partial charge in [0.05, 0.1) is 20.3 Å². The number of halogens is 3. The van der Waals surface area contributed by atoms with Crippen molar-refractivity contribution in [2.45, 2.75) is 25.1 Å². The Morgan fingerprint density at radius 1 is 1.40 bits per heavy atom. The molecule has 0 amide bonds. The minimum Gasteiger partial charge on any atom is -0.404 e. The molecule has 0 bridgehead atoms. The van der Waals surface area contributed by atoms with Crippen molar-refractivity contribution in [3.05, 3.63) is 18.2 Å². The highest BCUT2D eigenvalue weighted by molar-refractivity contribution is 7.91. The van der Waals surface area contributed by atoms with E-state index >= 15 is 0 Å². The third-order valence-corrected chi connectivity index (χ3v) is 3.48. The maximum atomic E-state index is 12.4. The Morgan fingerprint density at radius 2 is 2.00 bits per heavy atom. The predicted octanol–water partition coefficient (Wildman–Crippen LogP) is 3.69. The quantitative estimate of drug-likeness (QED) is 0.872. The third kappa shape index (κ3) is 5.28. The molecule has 0 aliphatic rings. The summed E-state index contributed by atoms with van der Waals surface area (Å²) in [7, 11) is -3.10. The molecule has 0 aromatic heterocycles. The highest BCUT2D eigenvalue weighted by Crippen LogP contribution is 2.32. The summed E-state index contributed by atoms with van der Waals surface area (Å²) in [6.07, 6.45) is -3.70. The molecule has 0 spiro atoms. The van der Waals surface area contributed by atoms with Crippen LogP contribution in [0.5, 0.6) is 5.75 Å². The highest BCUT2D eigenvalue weighted by atomic mass is 32.2. The minimum atomic E-state index is -4.84. The molecule has 1 aromatic rings. The van der Waals surface area contributed by atoms with E-state index in [2.05, 4.69) is 10.1 Å². The summed E-state index contributed by atoms with van der Waals surface area (Å²) in [5.41, 5.74) is 0.156. The van der Waals surface area contributed by atoms with Crippen molar-refractivity contribution in [2.24, 2.45) is 5.92 Å². The molecule has 1 aromatic carbocycles.